The first kappa shape index (κ1) is 17.5. The van der Waals surface area contributed by atoms with E-state index in [-0.39, 0.29) is 5.91 Å². The van der Waals surface area contributed by atoms with Gasteiger partial charge in [0.2, 0.25) is 0 Å². The molecule has 1 saturated heterocycles. The molecule has 2 aromatic rings. The topological polar surface area (TPSA) is 50.8 Å². The van der Waals surface area contributed by atoms with Crippen LogP contribution in [0.25, 0.3) is 0 Å². The number of morpholine rings is 1. The Hall–Kier alpha value is -2.37. The van der Waals surface area contributed by atoms with Crippen molar-refractivity contribution < 1.29 is 14.3 Å². The van der Waals surface area contributed by atoms with Gasteiger partial charge in [-0.05, 0) is 18.2 Å². The summed E-state index contributed by atoms with van der Waals surface area (Å²) >= 11 is 0. The van der Waals surface area contributed by atoms with Gasteiger partial charge in [0, 0.05) is 37.3 Å². The summed E-state index contributed by atoms with van der Waals surface area (Å²) < 4.78 is 11.1. The van der Waals surface area contributed by atoms with Gasteiger partial charge in [0.25, 0.3) is 5.91 Å². The molecule has 1 fully saturated rings. The Kier molecular flexibility index (Phi) is 6.42. The number of hydrogen-bond donors (Lipinski definition) is 1. The molecule has 5 nitrogen and oxygen atoms in total. The molecule has 0 atom stereocenters. The van der Waals surface area contributed by atoms with Crippen LogP contribution in [0, 0.1) is 0 Å². The minimum absolute atomic E-state index is 0.0551. The molecule has 1 N–H and O–H groups in total. The van der Waals surface area contributed by atoms with Crippen LogP contribution in [0.15, 0.2) is 54.6 Å². The molecular formula is C20H24N2O3. The molecular weight excluding hydrogens is 316 g/mol. The fourth-order valence-electron chi connectivity index (χ4n) is 2.79. The van der Waals surface area contributed by atoms with E-state index < -0.39 is 0 Å². The Morgan fingerprint density at radius 2 is 1.76 bits per heavy atom. The maximum absolute atomic E-state index is 12.5. The van der Waals surface area contributed by atoms with E-state index in [4.69, 9.17) is 9.47 Å². The van der Waals surface area contributed by atoms with Crippen LogP contribution in [0.5, 0.6) is 5.75 Å². The Balaban J connectivity index is 1.53. The van der Waals surface area contributed by atoms with E-state index in [0.29, 0.717) is 18.7 Å². The standard InChI is InChI=1S/C20H24N2O3/c23-20(21-10-11-22-12-14-24-15-13-22)19-9-5-4-6-17(19)16-25-18-7-2-1-3-8-18/h1-9H,10-16H2,(H,21,23). The highest BCUT2D eigenvalue weighted by atomic mass is 16.5. The fourth-order valence-corrected chi connectivity index (χ4v) is 2.79. The maximum Gasteiger partial charge on any atom is 0.251 e. The summed E-state index contributed by atoms with van der Waals surface area (Å²) in [6.45, 7) is 5.25. The smallest absolute Gasteiger partial charge is 0.251 e. The first-order valence-corrected chi connectivity index (χ1v) is 8.67. The summed E-state index contributed by atoms with van der Waals surface area (Å²) in [7, 11) is 0. The number of benzene rings is 2. The van der Waals surface area contributed by atoms with Gasteiger partial charge in [-0.15, -0.1) is 0 Å². The first-order chi connectivity index (χ1) is 12.3. The Morgan fingerprint density at radius 1 is 1.04 bits per heavy atom. The molecule has 0 saturated carbocycles. The van der Waals surface area contributed by atoms with Crippen molar-refractivity contribution in [3.05, 3.63) is 65.7 Å². The zero-order valence-corrected chi connectivity index (χ0v) is 14.3. The van der Waals surface area contributed by atoms with Gasteiger partial charge >= 0.3 is 0 Å². The van der Waals surface area contributed by atoms with Crippen molar-refractivity contribution >= 4 is 5.91 Å². The van der Waals surface area contributed by atoms with Crippen LogP contribution < -0.4 is 10.1 Å². The van der Waals surface area contributed by atoms with E-state index in [1.807, 2.05) is 54.6 Å². The first-order valence-electron chi connectivity index (χ1n) is 8.67. The van der Waals surface area contributed by atoms with E-state index in [1.165, 1.54) is 0 Å². The lowest BCUT2D eigenvalue weighted by Gasteiger charge is -2.26. The normalized spacial score (nSPS) is 14.9. The van der Waals surface area contributed by atoms with Crippen LogP contribution >= 0.6 is 0 Å². The van der Waals surface area contributed by atoms with E-state index >= 15 is 0 Å². The van der Waals surface area contributed by atoms with Gasteiger partial charge in [0.1, 0.15) is 12.4 Å². The monoisotopic (exact) mass is 340 g/mol. The number of amides is 1. The minimum atomic E-state index is -0.0551. The summed E-state index contributed by atoms with van der Waals surface area (Å²) in [5, 5.41) is 3.01. The molecule has 0 unspecified atom stereocenters. The fraction of sp³-hybridized carbons (Fsp3) is 0.350. The zero-order chi connectivity index (χ0) is 17.3. The molecule has 0 spiro atoms. The minimum Gasteiger partial charge on any atom is -0.489 e. The second-order valence-corrected chi connectivity index (χ2v) is 5.97. The lowest BCUT2D eigenvalue weighted by atomic mass is 10.1. The molecule has 0 aromatic heterocycles. The molecule has 2 aromatic carbocycles. The molecule has 25 heavy (non-hydrogen) atoms. The summed E-state index contributed by atoms with van der Waals surface area (Å²) in [5.74, 6) is 0.741. The van der Waals surface area contributed by atoms with E-state index in [2.05, 4.69) is 10.2 Å². The highest BCUT2D eigenvalue weighted by Gasteiger charge is 2.13. The second-order valence-electron chi connectivity index (χ2n) is 5.97. The van der Waals surface area contributed by atoms with Crippen molar-refractivity contribution in [2.75, 3.05) is 39.4 Å². The molecule has 1 amide bonds. The predicted octanol–water partition coefficient (Wildman–Crippen LogP) is 2.33. The molecule has 1 heterocycles. The van der Waals surface area contributed by atoms with Gasteiger partial charge < -0.3 is 14.8 Å². The van der Waals surface area contributed by atoms with Crippen molar-refractivity contribution in [2.45, 2.75) is 6.61 Å². The number of nitrogens with one attached hydrogen (secondary N) is 1. The third kappa shape index (κ3) is 5.31. The summed E-state index contributed by atoms with van der Waals surface area (Å²) in [6, 6.07) is 17.2. The third-order valence-electron chi connectivity index (χ3n) is 4.22. The van der Waals surface area contributed by atoms with Gasteiger partial charge in [-0.3, -0.25) is 9.69 Å². The third-order valence-corrected chi connectivity index (χ3v) is 4.22. The van der Waals surface area contributed by atoms with Crippen LogP contribution in [0.2, 0.25) is 0 Å². The van der Waals surface area contributed by atoms with Gasteiger partial charge in [-0.25, -0.2) is 0 Å². The number of hydrogen-bond acceptors (Lipinski definition) is 4. The quantitative estimate of drug-likeness (QED) is 0.840. The van der Waals surface area contributed by atoms with Crippen LogP contribution in [0.1, 0.15) is 15.9 Å². The summed E-state index contributed by atoms with van der Waals surface area (Å²) in [4.78, 5) is 14.8. The molecule has 1 aliphatic heterocycles. The maximum atomic E-state index is 12.5. The summed E-state index contributed by atoms with van der Waals surface area (Å²) in [5.41, 5.74) is 1.55. The number of nitrogens with zero attached hydrogens (tertiary/aromatic N) is 1. The van der Waals surface area contributed by atoms with Crippen molar-refractivity contribution in [1.82, 2.24) is 10.2 Å². The number of para-hydroxylation sites is 1. The molecule has 0 aliphatic carbocycles. The highest BCUT2D eigenvalue weighted by Crippen LogP contribution is 2.14. The molecule has 0 bridgehead atoms. The number of carbonyl (C=O) groups is 1. The van der Waals surface area contributed by atoms with Crippen molar-refractivity contribution in [2.24, 2.45) is 0 Å². The van der Waals surface area contributed by atoms with E-state index in [9.17, 15) is 4.79 Å². The lowest BCUT2D eigenvalue weighted by Crippen LogP contribution is -2.41. The second kappa shape index (κ2) is 9.20. The number of rotatable bonds is 7. The van der Waals surface area contributed by atoms with Crippen LogP contribution in [-0.2, 0) is 11.3 Å². The average molecular weight is 340 g/mol. The molecule has 0 radical (unpaired) electrons. The van der Waals surface area contributed by atoms with Crippen LogP contribution in [0.4, 0.5) is 0 Å². The van der Waals surface area contributed by atoms with Crippen LogP contribution in [0.3, 0.4) is 0 Å². The van der Waals surface area contributed by atoms with Gasteiger partial charge in [-0.2, -0.15) is 0 Å². The highest BCUT2D eigenvalue weighted by molar-refractivity contribution is 5.95. The number of carbonyl (C=O) groups excluding carboxylic acids is 1. The van der Waals surface area contributed by atoms with E-state index in [1.54, 1.807) is 0 Å². The molecule has 1 aliphatic rings. The Labute approximate surface area is 148 Å². The largest absolute Gasteiger partial charge is 0.489 e. The van der Waals surface area contributed by atoms with Gasteiger partial charge in [0.15, 0.2) is 0 Å². The number of ether oxygens (including phenoxy) is 2. The van der Waals surface area contributed by atoms with Crippen molar-refractivity contribution in [1.29, 1.82) is 0 Å². The average Bonchev–Trinajstić information content (AvgIpc) is 2.68. The summed E-state index contributed by atoms with van der Waals surface area (Å²) in [6.07, 6.45) is 0. The van der Waals surface area contributed by atoms with E-state index in [0.717, 1.165) is 44.2 Å². The van der Waals surface area contributed by atoms with Gasteiger partial charge in [-0.1, -0.05) is 36.4 Å². The molecule has 3 rings (SSSR count). The SMILES string of the molecule is O=C(NCCN1CCOCC1)c1ccccc1COc1ccccc1. The predicted molar refractivity (Wildman–Crippen MR) is 96.8 cm³/mol. The van der Waals surface area contributed by atoms with Crippen molar-refractivity contribution in [3.63, 3.8) is 0 Å². The lowest BCUT2D eigenvalue weighted by molar-refractivity contribution is 0.0383. The molecule has 5 heteroatoms. The Bertz CT molecular complexity index is 670. The zero-order valence-electron chi connectivity index (χ0n) is 14.3. The Morgan fingerprint density at radius 3 is 2.56 bits per heavy atom. The van der Waals surface area contributed by atoms with Crippen LogP contribution in [-0.4, -0.2) is 50.2 Å². The molecule has 132 valence electrons. The van der Waals surface area contributed by atoms with Gasteiger partial charge in [0.05, 0.1) is 13.2 Å². The van der Waals surface area contributed by atoms with Crippen molar-refractivity contribution in [3.8, 4) is 5.75 Å².